The number of aryl methyl sites for hydroxylation is 1. The van der Waals surface area contributed by atoms with Gasteiger partial charge in [0, 0.05) is 11.8 Å². The smallest absolute Gasteiger partial charge is 0.119 e. The molecular weight excluding hydrogens is 224 g/mol. The summed E-state index contributed by atoms with van der Waals surface area (Å²) in [5.74, 6) is 1.19. The molecule has 0 saturated heterocycles. The van der Waals surface area contributed by atoms with Gasteiger partial charge in [-0.3, -0.25) is 5.41 Å². The van der Waals surface area contributed by atoms with Gasteiger partial charge in [-0.1, -0.05) is 25.5 Å². The van der Waals surface area contributed by atoms with Gasteiger partial charge in [-0.05, 0) is 37.0 Å². The van der Waals surface area contributed by atoms with Crippen LogP contribution < -0.4 is 10.5 Å². The van der Waals surface area contributed by atoms with Crippen LogP contribution in [0.15, 0.2) is 24.3 Å². The molecule has 0 atom stereocenters. The molecule has 1 aliphatic rings. The molecule has 0 amide bonds. The van der Waals surface area contributed by atoms with Crippen molar-refractivity contribution in [3.8, 4) is 5.75 Å². The van der Waals surface area contributed by atoms with Crippen LogP contribution in [-0.2, 0) is 6.42 Å². The molecule has 3 N–H and O–H groups in total. The van der Waals surface area contributed by atoms with E-state index in [2.05, 4.69) is 19.1 Å². The molecule has 1 aliphatic carbocycles. The summed E-state index contributed by atoms with van der Waals surface area (Å²) < 4.78 is 5.82. The summed E-state index contributed by atoms with van der Waals surface area (Å²) in [5.41, 5.74) is 6.97. The van der Waals surface area contributed by atoms with Crippen molar-refractivity contribution in [2.45, 2.75) is 39.0 Å². The highest BCUT2D eigenvalue weighted by molar-refractivity contribution is 5.78. The Morgan fingerprint density at radius 2 is 2.00 bits per heavy atom. The van der Waals surface area contributed by atoms with Crippen molar-refractivity contribution >= 4 is 5.84 Å². The molecular formula is C15H22N2O. The molecule has 2 rings (SSSR count). The highest BCUT2D eigenvalue weighted by atomic mass is 16.5. The Balaban J connectivity index is 1.85. The van der Waals surface area contributed by atoms with Gasteiger partial charge in [0.05, 0.1) is 12.4 Å². The second-order valence-corrected chi connectivity index (χ2v) is 5.38. The predicted octanol–water partition coefficient (Wildman–Crippen LogP) is 3.12. The minimum Gasteiger partial charge on any atom is -0.493 e. The van der Waals surface area contributed by atoms with Gasteiger partial charge in [-0.25, -0.2) is 0 Å². The van der Waals surface area contributed by atoms with Crippen LogP contribution in [0.25, 0.3) is 0 Å². The molecule has 1 aromatic carbocycles. The Kier molecular flexibility index (Phi) is 3.90. The lowest BCUT2D eigenvalue weighted by Crippen LogP contribution is -2.21. The van der Waals surface area contributed by atoms with E-state index >= 15 is 0 Å². The summed E-state index contributed by atoms with van der Waals surface area (Å²) >= 11 is 0. The highest BCUT2D eigenvalue weighted by Gasteiger charge is 2.43. The maximum Gasteiger partial charge on any atom is 0.119 e. The monoisotopic (exact) mass is 246 g/mol. The number of nitrogens with one attached hydrogen (secondary N) is 1. The van der Waals surface area contributed by atoms with E-state index in [1.165, 1.54) is 12.0 Å². The van der Waals surface area contributed by atoms with E-state index in [0.717, 1.165) is 25.0 Å². The van der Waals surface area contributed by atoms with E-state index < -0.39 is 0 Å². The SMILES string of the molecule is CCCc1ccc(OCC2(CC(=N)N)CC2)cc1. The van der Waals surface area contributed by atoms with Crippen molar-refractivity contribution in [3.05, 3.63) is 29.8 Å². The Bertz CT molecular complexity index is 407. The molecule has 1 saturated carbocycles. The Labute approximate surface area is 109 Å². The van der Waals surface area contributed by atoms with Gasteiger partial charge >= 0.3 is 0 Å². The Morgan fingerprint density at radius 1 is 1.33 bits per heavy atom. The van der Waals surface area contributed by atoms with Gasteiger partial charge in [0.25, 0.3) is 0 Å². The number of hydrogen-bond acceptors (Lipinski definition) is 2. The molecule has 1 fully saturated rings. The fraction of sp³-hybridized carbons (Fsp3) is 0.533. The van der Waals surface area contributed by atoms with Crippen LogP contribution in [0.5, 0.6) is 5.75 Å². The largest absolute Gasteiger partial charge is 0.493 e. The van der Waals surface area contributed by atoms with Crippen LogP contribution >= 0.6 is 0 Å². The first-order valence-corrected chi connectivity index (χ1v) is 6.68. The molecule has 0 aliphatic heterocycles. The van der Waals surface area contributed by atoms with Crippen molar-refractivity contribution in [1.29, 1.82) is 5.41 Å². The molecule has 0 unspecified atom stereocenters. The first kappa shape index (κ1) is 12.9. The van der Waals surface area contributed by atoms with Crippen LogP contribution in [0.4, 0.5) is 0 Å². The summed E-state index contributed by atoms with van der Waals surface area (Å²) in [6.45, 7) is 2.86. The zero-order valence-electron chi connectivity index (χ0n) is 11.0. The predicted molar refractivity (Wildman–Crippen MR) is 74.1 cm³/mol. The summed E-state index contributed by atoms with van der Waals surface area (Å²) in [7, 11) is 0. The average molecular weight is 246 g/mol. The van der Waals surface area contributed by atoms with E-state index in [1.807, 2.05) is 12.1 Å². The lowest BCUT2D eigenvalue weighted by Gasteiger charge is -2.15. The summed E-state index contributed by atoms with van der Waals surface area (Å²) in [6, 6.07) is 8.33. The molecule has 0 aromatic heterocycles. The molecule has 0 radical (unpaired) electrons. The van der Waals surface area contributed by atoms with E-state index in [1.54, 1.807) is 0 Å². The van der Waals surface area contributed by atoms with Crippen molar-refractivity contribution in [1.82, 2.24) is 0 Å². The number of rotatable bonds is 7. The third kappa shape index (κ3) is 3.49. The minimum atomic E-state index is 0.147. The van der Waals surface area contributed by atoms with Gasteiger partial charge in [0.2, 0.25) is 0 Å². The van der Waals surface area contributed by atoms with E-state index in [4.69, 9.17) is 15.9 Å². The molecule has 1 aromatic rings. The van der Waals surface area contributed by atoms with Crippen molar-refractivity contribution in [2.24, 2.45) is 11.1 Å². The van der Waals surface area contributed by atoms with E-state index in [0.29, 0.717) is 13.0 Å². The quantitative estimate of drug-likeness (QED) is 0.573. The molecule has 18 heavy (non-hydrogen) atoms. The van der Waals surface area contributed by atoms with E-state index in [-0.39, 0.29) is 11.3 Å². The molecule has 0 bridgehead atoms. The zero-order valence-corrected chi connectivity index (χ0v) is 11.0. The van der Waals surface area contributed by atoms with Gasteiger partial charge in [-0.15, -0.1) is 0 Å². The van der Waals surface area contributed by atoms with Gasteiger partial charge < -0.3 is 10.5 Å². The molecule has 0 heterocycles. The molecule has 3 nitrogen and oxygen atoms in total. The number of nitrogens with two attached hydrogens (primary N) is 1. The van der Waals surface area contributed by atoms with Crippen molar-refractivity contribution in [3.63, 3.8) is 0 Å². The van der Waals surface area contributed by atoms with Gasteiger partial charge in [0.15, 0.2) is 0 Å². The van der Waals surface area contributed by atoms with Gasteiger partial charge in [-0.2, -0.15) is 0 Å². The second-order valence-electron chi connectivity index (χ2n) is 5.38. The summed E-state index contributed by atoms with van der Waals surface area (Å²) in [5, 5.41) is 7.37. The normalized spacial score (nSPS) is 16.3. The van der Waals surface area contributed by atoms with Crippen LogP contribution in [0.1, 0.15) is 38.2 Å². The van der Waals surface area contributed by atoms with Crippen LogP contribution in [0.2, 0.25) is 0 Å². The van der Waals surface area contributed by atoms with Gasteiger partial charge in [0.1, 0.15) is 5.75 Å². The molecule has 3 heteroatoms. The number of benzene rings is 1. The third-order valence-electron chi connectivity index (χ3n) is 3.53. The van der Waals surface area contributed by atoms with E-state index in [9.17, 15) is 0 Å². The second kappa shape index (κ2) is 5.42. The zero-order chi connectivity index (χ0) is 13.0. The maximum absolute atomic E-state index is 7.37. The third-order valence-corrected chi connectivity index (χ3v) is 3.53. The maximum atomic E-state index is 7.37. The van der Waals surface area contributed by atoms with Crippen molar-refractivity contribution < 1.29 is 4.74 Å². The first-order chi connectivity index (χ1) is 8.63. The fourth-order valence-electron chi connectivity index (χ4n) is 2.23. The topological polar surface area (TPSA) is 59.1 Å². The Morgan fingerprint density at radius 3 is 2.50 bits per heavy atom. The number of hydrogen-bond donors (Lipinski definition) is 2. The van der Waals surface area contributed by atoms with Crippen LogP contribution in [0, 0.1) is 10.8 Å². The molecule has 0 spiro atoms. The minimum absolute atomic E-state index is 0.147. The molecule has 98 valence electrons. The highest BCUT2D eigenvalue weighted by Crippen LogP contribution is 2.48. The lowest BCUT2D eigenvalue weighted by molar-refractivity contribution is 0.238. The standard InChI is InChI=1S/C15H22N2O/c1-2-3-12-4-6-13(7-5-12)18-11-15(8-9-15)10-14(16)17/h4-7H,2-3,8-11H2,1H3,(H3,16,17). The number of ether oxygens (including phenoxy) is 1. The lowest BCUT2D eigenvalue weighted by atomic mass is 10.0. The summed E-state index contributed by atoms with van der Waals surface area (Å²) in [4.78, 5) is 0. The average Bonchev–Trinajstić information content (AvgIpc) is 3.08. The summed E-state index contributed by atoms with van der Waals surface area (Å²) in [6.07, 6.45) is 5.21. The van der Waals surface area contributed by atoms with Crippen LogP contribution in [-0.4, -0.2) is 12.4 Å². The Hall–Kier alpha value is -1.51. The van der Waals surface area contributed by atoms with Crippen molar-refractivity contribution in [2.75, 3.05) is 6.61 Å². The fourth-order valence-corrected chi connectivity index (χ4v) is 2.23. The van der Waals surface area contributed by atoms with Crippen LogP contribution in [0.3, 0.4) is 0 Å². The first-order valence-electron chi connectivity index (χ1n) is 6.68. The number of amidine groups is 1.